The molecule has 1 aliphatic rings. The number of rotatable bonds is 2. The van der Waals surface area contributed by atoms with Crippen LogP contribution in [0.3, 0.4) is 0 Å². The van der Waals surface area contributed by atoms with Gasteiger partial charge in [-0.1, -0.05) is 0 Å². The number of nitrogens with zero attached hydrogens (tertiary/aromatic N) is 3. The molecule has 1 aliphatic heterocycles. The lowest BCUT2D eigenvalue weighted by atomic mass is 10.2. The van der Waals surface area contributed by atoms with E-state index in [9.17, 15) is 5.11 Å². The number of aryl methyl sites for hydroxylation is 1. The number of hydrogen-bond donors (Lipinski definition) is 1. The number of fused-ring (bicyclic) bond motifs is 1. The van der Waals surface area contributed by atoms with E-state index < -0.39 is 0 Å². The summed E-state index contributed by atoms with van der Waals surface area (Å²) in [6.07, 6.45) is 2.08. The summed E-state index contributed by atoms with van der Waals surface area (Å²) in [6.45, 7) is 3.13. The molecule has 3 heterocycles. The Hall–Kier alpha value is -0.910. The van der Waals surface area contributed by atoms with E-state index in [-0.39, 0.29) is 17.9 Å². The molecule has 6 heteroatoms. The highest BCUT2D eigenvalue weighted by Gasteiger charge is 2.27. The fraction of sp³-hybridized carbons (Fsp3) is 0.500. The van der Waals surface area contributed by atoms with Gasteiger partial charge >= 0.3 is 0 Å². The molecule has 0 radical (unpaired) electrons. The second kappa shape index (κ2) is 4.64. The highest BCUT2D eigenvalue weighted by atomic mass is 35.5. The fourth-order valence-electron chi connectivity index (χ4n) is 2.52. The van der Waals surface area contributed by atoms with Crippen LogP contribution >= 0.6 is 22.9 Å². The van der Waals surface area contributed by atoms with Gasteiger partial charge in [0.1, 0.15) is 10.6 Å². The van der Waals surface area contributed by atoms with Crippen molar-refractivity contribution in [1.29, 1.82) is 0 Å². The molecule has 3 rings (SSSR count). The minimum Gasteiger partial charge on any atom is -0.394 e. The number of thiophene rings is 1. The Balaban J connectivity index is 2.15. The quantitative estimate of drug-likeness (QED) is 0.861. The SMILES string of the molecule is Cc1cc2c(N3CCCC3CO)nc(Cl)nc2s1. The lowest BCUT2D eigenvalue weighted by Gasteiger charge is -2.24. The molecule has 0 aliphatic carbocycles. The number of aliphatic hydroxyl groups is 1. The van der Waals surface area contributed by atoms with Gasteiger partial charge in [-0.25, -0.2) is 4.98 Å². The predicted octanol–water partition coefficient (Wildman–Crippen LogP) is 2.61. The molecule has 2 aromatic heterocycles. The maximum absolute atomic E-state index is 9.43. The van der Waals surface area contributed by atoms with Gasteiger partial charge in [-0.2, -0.15) is 4.98 Å². The van der Waals surface area contributed by atoms with Gasteiger partial charge in [0.15, 0.2) is 0 Å². The highest BCUT2D eigenvalue weighted by Crippen LogP contribution is 2.34. The van der Waals surface area contributed by atoms with Gasteiger partial charge < -0.3 is 10.0 Å². The Morgan fingerprint density at radius 1 is 1.56 bits per heavy atom. The number of aromatic nitrogens is 2. The lowest BCUT2D eigenvalue weighted by Crippen LogP contribution is -2.32. The average molecular weight is 284 g/mol. The third-order valence-corrected chi connectivity index (χ3v) is 4.44. The monoisotopic (exact) mass is 283 g/mol. The van der Waals surface area contributed by atoms with E-state index in [0.717, 1.165) is 35.4 Å². The molecule has 0 bridgehead atoms. The Kier molecular flexibility index (Phi) is 3.13. The van der Waals surface area contributed by atoms with E-state index in [0.29, 0.717) is 0 Å². The molecule has 1 atom stereocenters. The Bertz CT molecular complexity index is 586. The van der Waals surface area contributed by atoms with Gasteiger partial charge in [-0.3, -0.25) is 0 Å². The number of hydrogen-bond acceptors (Lipinski definition) is 5. The summed E-state index contributed by atoms with van der Waals surface area (Å²) in [6, 6.07) is 2.25. The first-order chi connectivity index (χ1) is 8.69. The summed E-state index contributed by atoms with van der Waals surface area (Å²) < 4.78 is 0. The molecular formula is C12H14ClN3OS. The summed E-state index contributed by atoms with van der Waals surface area (Å²) in [4.78, 5) is 12.9. The lowest BCUT2D eigenvalue weighted by molar-refractivity contribution is 0.266. The zero-order valence-electron chi connectivity index (χ0n) is 10.1. The summed E-state index contributed by atoms with van der Waals surface area (Å²) in [5.74, 6) is 0.867. The first-order valence-corrected chi connectivity index (χ1v) is 7.19. The average Bonchev–Trinajstić information content (AvgIpc) is 2.92. The number of halogens is 1. The first-order valence-electron chi connectivity index (χ1n) is 6.00. The molecule has 1 unspecified atom stereocenters. The molecular weight excluding hydrogens is 270 g/mol. The standard InChI is InChI=1S/C12H14ClN3OS/c1-7-5-9-10(14-12(13)15-11(9)18-7)16-4-2-3-8(16)6-17/h5,8,17H,2-4,6H2,1H3. The second-order valence-electron chi connectivity index (χ2n) is 4.56. The van der Waals surface area contributed by atoms with Crippen LogP contribution in [0.4, 0.5) is 5.82 Å². The van der Waals surface area contributed by atoms with Crippen molar-refractivity contribution in [3.63, 3.8) is 0 Å². The third-order valence-electron chi connectivity index (χ3n) is 3.33. The second-order valence-corrected chi connectivity index (χ2v) is 6.14. The van der Waals surface area contributed by atoms with Crippen LogP contribution in [0.5, 0.6) is 0 Å². The van der Waals surface area contributed by atoms with E-state index in [4.69, 9.17) is 11.6 Å². The Morgan fingerprint density at radius 2 is 2.39 bits per heavy atom. The first kappa shape index (κ1) is 12.1. The van der Waals surface area contributed by atoms with E-state index >= 15 is 0 Å². The molecule has 1 N–H and O–H groups in total. The van der Waals surface area contributed by atoms with Crippen molar-refractivity contribution in [2.24, 2.45) is 0 Å². The largest absolute Gasteiger partial charge is 0.394 e. The van der Waals surface area contributed by atoms with Crippen LogP contribution in [0.2, 0.25) is 5.28 Å². The van der Waals surface area contributed by atoms with Crippen LogP contribution in [0.1, 0.15) is 17.7 Å². The van der Waals surface area contributed by atoms with Crippen molar-refractivity contribution in [2.75, 3.05) is 18.1 Å². The third kappa shape index (κ3) is 1.96. The van der Waals surface area contributed by atoms with Crippen molar-refractivity contribution in [1.82, 2.24) is 9.97 Å². The van der Waals surface area contributed by atoms with Crippen LogP contribution in [0, 0.1) is 6.92 Å². The van der Waals surface area contributed by atoms with Crippen LogP contribution in [-0.2, 0) is 0 Å². The molecule has 0 amide bonds. The van der Waals surface area contributed by atoms with E-state index in [1.165, 1.54) is 4.88 Å². The zero-order valence-corrected chi connectivity index (χ0v) is 11.6. The van der Waals surface area contributed by atoms with Crippen molar-refractivity contribution < 1.29 is 5.11 Å². The van der Waals surface area contributed by atoms with Gasteiger partial charge in [0.05, 0.1) is 18.0 Å². The summed E-state index contributed by atoms with van der Waals surface area (Å²) >= 11 is 7.62. The van der Waals surface area contributed by atoms with Crippen LogP contribution in [0.15, 0.2) is 6.07 Å². The van der Waals surface area contributed by atoms with Crippen molar-refractivity contribution in [2.45, 2.75) is 25.8 Å². The molecule has 96 valence electrons. The van der Waals surface area contributed by atoms with E-state index in [2.05, 4.69) is 27.9 Å². The van der Waals surface area contributed by atoms with Gasteiger partial charge in [-0.05, 0) is 37.4 Å². The Labute approximate surface area is 114 Å². The van der Waals surface area contributed by atoms with Crippen LogP contribution in [0.25, 0.3) is 10.2 Å². The van der Waals surface area contributed by atoms with E-state index in [1.807, 2.05) is 0 Å². The van der Waals surface area contributed by atoms with Crippen molar-refractivity contribution in [3.05, 3.63) is 16.2 Å². The molecule has 4 nitrogen and oxygen atoms in total. The van der Waals surface area contributed by atoms with E-state index in [1.54, 1.807) is 11.3 Å². The van der Waals surface area contributed by atoms with Gasteiger partial charge in [0.2, 0.25) is 5.28 Å². The number of aliphatic hydroxyl groups excluding tert-OH is 1. The molecule has 0 saturated carbocycles. The minimum atomic E-state index is 0.152. The highest BCUT2D eigenvalue weighted by molar-refractivity contribution is 7.18. The van der Waals surface area contributed by atoms with Crippen LogP contribution in [-0.4, -0.2) is 34.3 Å². The normalized spacial score (nSPS) is 19.9. The van der Waals surface area contributed by atoms with Crippen molar-refractivity contribution >= 4 is 39.0 Å². The zero-order chi connectivity index (χ0) is 12.7. The molecule has 0 aromatic carbocycles. The topological polar surface area (TPSA) is 49.2 Å². The maximum Gasteiger partial charge on any atom is 0.225 e. The molecule has 18 heavy (non-hydrogen) atoms. The van der Waals surface area contributed by atoms with Gasteiger partial charge in [0.25, 0.3) is 0 Å². The minimum absolute atomic E-state index is 0.152. The molecule has 1 fully saturated rings. The fourth-order valence-corrected chi connectivity index (χ4v) is 3.61. The smallest absolute Gasteiger partial charge is 0.225 e. The summed E-state index contributed by atoms with van der Waals surface area (Å²) in [7, 11) is 0. The molecule has 0 spiro atoms. The number of anilines is 1. The predicted molar refractivity (Wildman–Crippen MR) is 74.6 cm³/mol. The van der Waals surface area contributed by atoms with Crippen molar-refractivity contribution in [3.8, 4) is 0 Å². The van der Waals surface area contributed by atoms with Gasteiger partial charge in [0, 0.05) is 11.4 Å². The summed E-state index contributed by atoms with van der Waals surface area (Å²) in [5.41, 5.74) is 0. The van der Waals surface area contributed by atoms with Crippen LogP contribution < -0.4 is 4.90 Å². The molecule has 1 saturated heterocycles. The van der Waals surface area contributed by atoms with Gasteiger partial charge in [-0.15, -0.1) is 11.3 Å². The maximum atomic E-state index is 9.43. The summed E-state index contributed by atoms with van der Waals surface area (Å²) in [5, 5.41) is 10.8. The molecule has 2 aromatic rings. The Morgan fingerprint density at radius 3 is 3.17 bits per heavy atom.